The predicted octanol–water partition coefficient (Wildman–Crippen LogP) is 3.68. The van der Waals surface area contributed by atoms with Crippen molar-refractivity contribution >= 4 is 46.2 Å². The highest BCUT2D eigenvalue weighted by Gasteiger charge is 2.23. The van der Waals surface area contributed by atoms with Crippen molar-refractivity contribution in [1.29, 1.82) is 0 Å². The first-order chi connectivity index (χ1) is 19.6. The maximum absolute atomic E-state index is 12.9. The number of anilines is 3. The average molecular weight is 580 g/mol. The van der Waals surface area contributed by atoms with Crippen LogP contribution in [-0.2, 0) is 0 Å². The van der Waals surface area contributed by atoms with Gasteiger partial charge >= 0.3 is 0 Å². The highest BCUT2D eigenvalue weighted by Crippen LogP contribution is 2.33. The van der Waals surface area contributed by atoms with Crippen LogP contribution in [0, 0.1) is 17.3 Å². The molecule has 13 heteroatoms. The summed E-state index contributed by atoms with van der Waals surface area (Å²) >= 11 is 6.29. The largest absolute Gasteiger partial charge is 0.628 e. The smallest absolute Gasteiger partial charge is 0.257 e. The van der Waals surface area contributed by atoms with Gasteiger partial charge in [-0.15, -0.1) is 0 Å². The van der Waals surface area contributed by atoms with Crippen LogP contribution >= 0.6 is 11.6 Å². The molecular formula is C28H28ClN6O6-. The zero-order chi connectivity index (χ0) is 29.7. The van der Waals surface area contributed by atoms with Gasteiger partial charge in [-0.25, -0.2) is 0 Å². The van der Waals surface area contributed by atoms with E-state index in [0.29, 0.717) is 16.8 Å². The van der Waals surface area contributed by atoms with Gasteiger partial charge in [0.05, 0.1) is 10.7 Å². The van der Waals surface area contributed by atoms with E-state index >= 15 is 0 Å². The minimum Gasteiger partial charge on any atom is -0.628 e. The van der Waals surface area contributed by atoms with E-state index in [-0.39, 0.29) is 52.3 Å². The van der Waals surface area contributed by atoms with Crippen molar-refractivity contribution in [3.05, 3.63) is 93.0 Å². The lowest BCUT2D eigenvalue weighted by atomic mass is 10.0. The van der Waals surface area contributed by atoms with Gasteiger partial charge in [-0.05, 0) is 49.4 Å². The Labute approximate surface area is 240 Å². The van der Waals surface area contributed by atoms with Gasteiger partial charge in [0, 0.05) is 50.1 Å². The van der Waals surface area contributed by atoms with Gasteiger partial charge in [0.2, 0.25) is 0 Å². The van der Waals surface area contributed by atoms with Crippen molar-refractivity contribution < 1.29 is 24.4 Å². The molecular weight excluding hydrogens is 552 g/mol. The Kier molecular flexibility index (Phi) is 9.10. The summed E-state index contributed by atoms with van der Waals surface area (Å²) in [6.45, 7) is 1.93. The number of para-hydroxylation sites is 1. The van der Waals surface area contributed by atoms with Crippen LogP contribution in [0.25, 0.3) is 11.3 Å². The zero-order valence-electron chi connectivity index (χ0n) is 22.4. The molecule has 0 saturated heterocycles. The van der Waals surface area contributed by atoms with Gasteiger partial charge in [-0.3, -0.25) is 9.59 Å². The minimum absolute atomic E-state index is 0.00460. The monoisotopic (exact) mass is 579 g/mol. The molecule has 0 fully saturated rings. The number of nitrogens with one attached hydrogen (secondary N) is 4. The van der Waals surface area contributed by atoms with Gasteiger partial charge in [-0.1, -0.05) is 28.9 Å². The van der Waals surface area contributed by atoms with Gasteiger partial charge < -0.3 is 46.1 Å². The van der Waals surface area contributed by atoms with Gasteiger partial charge in [-0.2, -0.15) is 0 Å². The Hall–Kier alpha value is -4.62. The molecule has 0 saturated carbocycles. The molecule has 4 aromatic rings. The summed E-state index contributed by atoms with van der Waals surface area (Å²) in [6.07, 6.45) is 0. The Morgan fingerprint density at radius 1 is 1.02 bits per heavy atom. The summed E-state index contributed by atoms with van der Waals surface area (Å²) in [6, 6.07) is 15.8. The number of quaternary nitrogens is 1. The average Bonchev–Trinajstić information content (AvgIpc) is 3.33. The second-order valence-electron chi connectivity index (χ2n) is 9.22. The number of aryl methyl sites for hydroxylation is 1. The third kappa shape index (κ3) is 6.76. The molecule has 0 bridgehead atoms. The third-order valence-corrected chi connectivity index (χ3v) is 6.51. The number of carbonyl (C=O) groups is 2. The van der Waals surface area contributed by atoms with Gasteiger partial charge in [0.1, 0.15) is 28.5 Å². The SMILES string of the molecule is Cc1onc(-c2ccccc2O)c1C(=O)NCCNc1cc(NC(=O)c2ccc(N(C)C)cc2)c([NH+]([O-])[O-])cc1Cl. The number of amides is 2. The molecule has 0 atom stereocenters. The standard InChI is InChI=1S/C28H28ClN6O6/c1-16-25(26(33-41-16)19-6-4-5-7-24(19)36)28(38)31-13-12-30-21-15-22(23(35(39)40)14-20(21)29)32-27(37)17-8-10-18(11-9-17)34(2)3/h4-11,14-15,30,35-36H,12-13H2,1-3H3,(H,31,38)(H,32,37)/q-1. The summed E-state index contributed by atoms with van der Waals surface area (Å²) in [5.74, 6) is -0.732. The van der Waals surface area contributed by atoms with Gasteiger partial charge in [0.15, 0.2) is 5.69 Å². The van der Waals surface area contributed by atoms with Crippen molar-refractivity contribution in [2.45, 2.75) is 6.92 Å². The van der Waals surface area contributed by atoms with Crippen molar-refractivity contribution in [1.82, 2.24) is 10.5 Å². The fourth-order valence-corrected chi connectivity index (χ4v) is 4.28. The molecule has 0 aliphatic heterocycles. The molecule has 0 unspecified atom stereocenters. The van der Waals surface area contributed by atoms with E-state index in [9.17, 15) is 25.1 Å². The number of phenolic OH excluding ortho intramolecular Hbond substituents is 1. The maximum atomic E-state index is 12.9. The van der Waals surface area contributed by atoms with E-state index < -0.39 is 17.0 Å². The van der Waals surface area contributed by atoms with Crippen LogP contribution in [0.2, 0.25) is 5.02 Å². The Balaban J connectivity index is 1.43. The highest BCUT2D eigenvalue weighted by atomic mass is 35.5. The lowest BCUT2D eigenvalue weighted by Gasteiger charge is -2.28. The normalized spacial score (nSPS) is 10.9. The molecule has 0 spiro atoms. The van der Waals surface area contributed by atoms with Gasteiger partial charge in [0.25, 0.3) is 11.8 Å². The van der Waals surface area contributed by atoms with Crippen LogP contribution in [0.4, 0.5) is 22.7 Å². The van der Waals surface area contributed by atoms with Crippen LogP contribution in [-0.4, -0.2) is 49.3 Å². The predicted molar refractivity (Wildman–Crippen MR) is 157 cm³/mol. The second-order valence-corrected chi connectivity index (χ2v) is 9.63. The number of aromatic nitrogens is 1. The van der Waals surface area contributed by atoms with Crippen LogP contribution in [0.3, 0.4) is 0 Å². The number of phenols is 1. The zero-order valence-corrected chi connectivity index (χ0v) is 23.2. The number of rotatable bonds is 10. The lowest BCUT2D eigenvalue weighted by Crippen LogP contribution is -2.96. The molecule has 2 amide bonds. The summed E-state index contributed by atoms with van der Waals surface area (Å²) in [7, 11) is 3.75. The minimum atomic E-state index is -1.51. The molecule has 214 valence electrons. The van der Waals surface area contributed by atoms with Crippen LogP contribution in [0.15, 0.2) is 65.2 Å². The lowest BCUT2D eigenvalue weighted by molar-refractivity contribution is -0.714. The maximum Gasteiger partial charge on any atom is 0.257 e. The molecule has 4 rings (SSSR count). The molecule has 12 nitrogen and oxygen atoms in total. The first kappa shape index (κ1) is 29.4. The third-order valence-electron chi connectivity index (χ3n) is 6.20. The fourth-order valence-electron chi connectivity index (χ4n) is 4.05. The molecule has 0 aliphatic carbocycles. The number of aromatic hydroxyl groups is 1. The summed E-state index contributed by atoms with van der Waals surface area (Å²) < 4.78 is 5.20. The molecule has 0 aliphatic rings. The van der Waals surface area contributed by atoms with Crippen molar-refractivity contribution in [2.24, 2.45) is 0 Å². The molecule has 3 aromatic carbocycles. The Morgan fingerprint density at radius 2 is 1.73 bits per heavy atom. The quantitative estimate of drug-likeness (QED) is 0.139. The number of hydrogen-bond acceptors (Lipinski definition) is 9. The molecule has 1 aromatic heterocycles. The Bertz CT molecular complexity index is 1550. The van der Waals surface area contributed by atoms with Crippen LogP contribution in [0.1, 0.15) is 26.5 Å². The second kappa shape index (κ2) is 12.7. The van der Waals surface area contributed by atoms with Crippen molar-refractivity contribution in [3.63, 3.8) is 0 Å². The number of nitrogens with zero attached hydrogens (tertiary/aromatic N) is 2. The molecule has 0 radical (unpaired) electrons. The van der Waals surface area contributed by atoms with E-state index in [1.165, 1.54) is 18.2 Å². The topological polar surface area (TPSA) is 170 Å². The molecule has 1 heterocycles. The van der Waals surface area contributed by atoms with Crippen LogP contribution < -0.4 is 26.1 Å². The summed E-state index contributed by atoms with van der Waals surface area (Å²) in [5, 5.41) is 44.5. The first-order valence-corrected chi connectivity index (χ1v) is 12.8. The number of benzene rings is 3. The number of hydrogen-bond donors (Lipinski definition) is 5. The van der Waals surface area contributed by atoms with E-state index in [4.69, 9.17) is 16.1 Å². The van der Waals surface area contributed by atoms with E-state index in [1.807, 2.05) is 19.0 Å². The fraction of sp³-hybridized carbons (Fsp3) is 0.179. The number of halogens is 1. The van der Waals surface area contributed by atoms with Crippen molar-refractivity contribution in [2.75, 3.05) is 42.7 Å². The van der Waals surface area contributed by atoms with E-state index in [0.717, 1.165) is 5.69 Å². The highest BCUT2D eigenvalue weighted by molar-refractivity contribution is 6.33. The van der Waals surface area contributed by atoms with E-state index in [2.05, 4.69) is 21.1 Å². The van der Waals surface area contributed by atoms with Crippen molar-refractivity contribution in [3.8, 4) is 17.0 Å². The molecule has 5 N–H and O–H groups in total. The van der Waals surface area contributed by atoms with E-state index in [1.54, 1.807) is 49.4 Å². The Morgan fingerprint density at radius 3 is 2.39 bits per heavy atom. The van der Waals surface area contributed by atoms with Crippen LogP contribution in [0.5, 0.6) is 5.75 Å². The molecule has 41 heavy (non-hydrogen) atoms. The first-order valence-electron chi connectivity index (χ1n) is 12.5. The summed E-state index contributed by atoms with van der Waals surface area (Å²) in [4.78, 5) is 27.6. The summed E-state index contributed by atoms with van der Waals surface area (Å²) in [5.41, 5.74) is 2.03. The number of carbonyl (C=O) groups excluding carboxylic acids is 2.